The summed E-state index contributed by atoms with van der Waals surface area (Å²) in [6.07, 6.45) is 3.29. The number of hydrogen-bond donors (Lipinski definition) is 2. The van der Waals surface area contributed by atoms with Crippen molar-refractivity contribution < 1.29 is 14.3 Å². The minimum Gasteiger partial charge on any atom is -0.497 e. The van der Waals surface area contributed by atoms with E-state index < -0.39 is 11.8 Å². The number of aryl methyl sites for hydroxylation is 1. The zero-order chi connectivity index (χ0) is 23.9. The van der Waals surface area contributed by atoms with E-state index >= 15 is 0 Å². The van der Waals surface area contributed by atoms with Crippen molar-refractivity contribution in [1.29, 1.82) is 0 Å². The lowest BCUT2D eigenvalue weighted by molar-refractivity contribution is -0.136. The van der Waals surface area contributed by atoms with E-state index in [1.54, 1.807) is 36.1 Å². The molecule has 0 unspecified atom stereocenters. The van der Waals surface area contributed by atoms with E-state index in [-0.39, 0.29) is 0 Å². The molecule has 0 fully saturated rings. The summed E-state index contributed by atoms with van der Waals surface area (Å²) >= 11 is 0. The molecule has 0 aliphatic carbocycles. The predicted octanol–water partition coefficient (Wildman–Crippen LogP) is 3.95. The van der Waals surface area contributed by atoms with Crippen LogP contribution in [-0.2, 0) is 9.59 Å². The Kier molecular flexibility index (Phi) is 6.78. The SMILES string of the molecule is COc1ccc(NC(=O)C(=O)N/N=C\c2cn(-c3ccccc3)nc2-c2ccc(C)cc2)cc1. The maximum atomic E-state index is 12.2. The summed E-state index contributed by atoms with van der Waals surface area (Å²) in [6.45, 7) is 2.02. The van der Waals surface area contributed by atoms with Crippen molar-refractivity contribution >= 4 is 23.7 Å². The Morgan fingerprint density at radius 3 is 2.32 bits per heavy atom. The number of para-hydroxylation sites is 1. The van der Waals surface area contributed by atoms with Crippen LogP contribution in [0.25, 0.3) is 16.9 Å². The molecule has 2 N–H and O–H groups in total. The first-order valence-corrected chi connectivity index (χ1v) is 10.5. The van der Waals surface area contributed by atoms with Gasteiger partial charge in [0.15, 0.2) is 0 Å². The molecule has 34 heavy (non-hydrogen) atoms. The van der Waals surface area contributed by atoms with Crippen LogP contribution in [0.1, 0.15) is 11.1 Å². The number of anilines is 1. The molecule has 4 aromatic rings. The van der Waals surface area contributed by atoms with Gasteiger partial charge in [-0.1, -0.05) is 48.0 Å². The summed E-state index contributed by atoms with van der Waals surface area (Å²) in [7, 11) is 1.55. The molecule has 0 saturated carbocycles. The lowest BCUT2D eigenvalue weighted by Gasteiger charge is -2.05. The molecule has 1 aromatic heterocycles. The number of carbonyl (C=O) groups excluding carboxylic acids is 2. The highest BCUT2D eigenvalue weighted by atomic mass is 16.5. The van der Waals surface area contributed by atoms with Gasteiger partial charge in [0.05, 0.1) is 19.0 Å². The molecule has 2 amide bonds. The number of carbonyl (C=O) groups is 2. The van der Waals surface area contributed by atoms with Gasteiger partial charge in [-0.3, -0.25) is 9.59 Å². The van der Waals surface area contributed by atoms with Crippen molar-refractivity contribution in [3.63, 3.8) is 0 Å². The Balaban J connectivity index is 1.50. The second kappa shape index (κ2) is 10.3. The fourth-order valence-corrected chi connectivity index (χ4v) is 3.20. The molecule has 0 spiro atoms. The number of benzene rings is 3. The highest BCUT2D eigenvalue weighted by Gasteiger charge is 2.14. The number of ether oxygens (including phenoxy) is 1. The Morgan fingerprint density at radius 2 is 1.65 bits per heavy atom. The average molecular weight is 454 g/mol. The van der Waals surface area contributed by atoms with Crippen LogP contribution >= 0.6 is 0 Å². The smallest absolute Gasteiger partial charge is 0.329 e. The molecule has 0 bridgehead atoms. The van der Waals surface area contributed by atoms with Crippen molar-refractivity contribution in [2.45, 2.75) is 6.92 Å². The fraction of sp³-hybridized carbons (Fsp3) is 0.0769. The van der Waals surface area contributed by atoms with Crippen LogP contribution in [0.2, 0.25) is 0 Å². The molecule has 8 heteroatoms. The molecule has 170 valence electrons. The molecule has 0 saturated heterocycles. The number of nitrogens with one attached hydrogen (secondary N) is 2. The minimum atomic E-state index is -0.889. The van der Waals surface area contributed by atoms with Crippen LogP contribution in [0, 0.1) is 6.92 Å². The zero-order valence-corrected chi connectivity index (χ0v) is 18.7. The van der Waals surface area contributed by atoms with E-state index in [1.807, 2.05) is 67.7 Å². The van der Waals surface area contributed by atoms with E-state index in [1.165, 1.54) is 6.21 Å². The van der Waals surface area contributed by atoms with Gasteiger partial charge in [0.1, 0.15) is 11.4 Å². The van der Waals surface area contributed by atoms with E-state index in [9.17, 15) is 9.59 Å². The van der Waals surface area contributed by atoms with Gasteiger partial charge in [0.2, 0.25) is 0 Å². The second-order valence-electron chi connectivity index (χ2n) is 7.46. The van der Waals surface area contributed by atoms with Crippen LogP contribution in [-0.4, -0.2) is 34.9 Å². The van der Waals surface area contributed by atoms with Gasteiger partial charge in [-0.2, -0.15) is 10.2 Å². The maximum absolute atomic E-state index is 12.2. The number of aromatic nitrogens is 2. The third-order valence-corrected chi connectivity index (χ3v) is 5.01. The highest BCUT2D eigenvalue weighted by molar-refractivity contribution is 6.39. The van der Waals surface area contributed by atoms with Crippen LogP contribution < -0.4 is 15.5 Å². The number of nitrogens with zero attached hydrogens (tertiary/aromatic N) is 3. The molecule has 0 radical (unpaired) electrons. The van der Waals surface area contributed by atoms with Crippen molar-refractivity contribution in [2.24, 2.45) is 5.10 Å². The number of hydrogen-bond acceptors (Lipinski definition) is 5. The highest BCUT2D eigenvalue weighted by Crippen LogP contribution is 2.23. The molecular weight excluding hydrogens is 430 g/mol. The summed E-state index contributed by atoms with van der Waals surface area (Å²) in [5.41, 5.74) is 7.05. The first-order valence-electron chi connectivity index (χ1n) is 10.5. The van der Waals surface area contributed by atoms with Crippen LogP contribution in [0.15, 0.2) is 90.2 Å². The Labute approximate surface area is 196 Å². The number of rotatable bonds is 6. The van der Waals surface area contributed by atoms with E-state index in [0.29, 0.717) is 22.7 Å². The topological polar surface area (TPSA) is 97.6 Å². The lowest BCUT2D eigenvalue weighted by Crippen LogP contribution is -2.32. The van der Waals surface area contributed by atoms with Crippen LogP contribution in [0.5, 0.6) is 5.75 Å². The van der Waals surface area contributed by atoms with Gasteiger partial charge in [-0.15, -0.1) is 0 Å². The van der Waals surface area contributed by atoms with E-state index in [0.717, 1.165) is 16.8 Å². The quantitative estimate of drug-likeness (QED) is 0.262. The van der Waals surface area contributed by atoms with Gasteiger partial charge in [-0.05, 0) is 43.3 Å². The fourth-order valence-electron chi connectivity index (χ4n) is 3.20. The first kappa shape index (κ1) is 22.5. The van der Waals surface area contributed by atoms with E-state index in [2.05, 4.69) is 15.8 Å². The van der Waals surface area contributed by atoms with Gasteiger partial charge in [0.25, 0.3) is 0 Å². The summed E-state index contributed by atoms with van der Waals surface area (Å²) in [5, 5.41) is 11.2. The van der Waals surface area contributed by atoms with Crippen molar-refractivity contribution in [3.05, 3.63) is 96.2 Å². The largest absolute Gasteiger partial charge is 0.497 e. The first-order chi connectivity index (χ1) is 16.5. The molecule has 8 nitrogen and oxygen atoms in total. The van der Waals surface area contributed by atoms with Crippen molar-refractivity contribution in [3.8, 4) is 22.7 Å². The number of methoxy groups -OCH3 is 1. The molecule has 3 aromatic carbocycles. The molecule has 4 rings (SSSR count). The number of amides is 2. The monoisotopic (exact) mass is 453 g/mol. The zero-order valence-electron chi connectivity index (χ0n) is 18.7. The van der Waals surface area contributed by atoms with Gasteiger partial charge in [-0.25, -0.2) is 10.1 Å². The van der Waals surface area contributed by atoms with E-state index in [4.69, 9.17) is 9.84 Å². The van der Waals surface area contributed by atoms with Gasteiger partial charge in [0, 0.05) is 23.0 Å². The molecular formula is C26H23N5O3. The van der Waals surface area contributed by atoms with Gasteiger partial charge < -0.3 is 10.1 Å². The average Bonchev–Trinajstić information content (AvgIpc) is 3.29. The molecule has 0 atom stereocenters. The normalized spacial score (nSPS) is 10.8. The van der Waals surface area contributed by atoms with Crippen molar-refractivity contribution in [2.75, 3.05) is 12.4 Å². The molecule has 0 aliphatic rings. The van der Waals surface area contributed by atoms with Crippen LogP contribution in [0.3, 0.4) is 0 Å². The predicted molar refractivity (Wildman–Crippen MR) is 131 cm³/mol. The summed E-state index contributed by atoms with van der Waals surface area (Å²) in [5.74, 6) is -1.08. The molecule has 1 heterocycles. The molecule has 0 aliphatic heterocycles. The van der Waals surface area contributed by atoms with Gasteiger partial charge >= 0.3 is 11.8 Å². The lowest BCUT2D eigenvalue weighted by atomic mass is 10.1. The Hall–Kier alpha value is -4.72. The Bertz CT molecular complexity index is 1310. The standard InChI is InChI=1S/C26H23N5O3/c1-18-8-10-19(11-9-18)24-20(17-31(30-24)22-6-4-3-5-7-22)16-27-29-26(33)25(32)28-21-12-14-23(34-2)15-13-21/h3-17H,1-2H3,(H,28,32)(H,29,33)/b27-16-. The third-order valence-electron chi connectivity index (χ3n) is 5.01. The Morgan fingerprint density at radius 1 is 0.941 bits per heavy atom. The third kappa shape index (κ3) is 5.36. The second-order valence-corrected chi connectivity index (χ2v) is 7.46. The summed E-state index contributed by atoms with van der Waals surface area (Å²) < 4.78 is 6.82. The number of hydrazone groups is 1. The summed E-state index contributed by atoms with van der Waals surface area (Å²) in [6, 6.07) is 24.3. The van der Waals surface area contributed by atoms with Crippen LogP contribution in [0.4, 0.5) is 5.69 Å². The summed E-state index contributed by atoms with van der Waals surface area (Å²) in [4.78, 5) is 24.4. The maximum Gasteiger partial charge on any atom is 0.329 e. The minimum absolute atomic E-state index is 0.468. The van der Waals surface area contributed by atoms with Crippen molar-refractivity contribution in [1.82, 2.24) is 15.2 Å².